The van der Waals surface area contributed by atoms with Gasteiger partial charge in [0.05, 0.1) is 26.9 Å². The van der Waals surface area contributed by atoms with Crippen LogP contribution < -0.4 is 24.8 Å². The third kappa shape index (κ3) is 5.81. The van der Waals surface area contributed by atoms with E-state index in [1.165, 1.54) is 7.11 Å². The van der Waals surface area contributed by atoms with Crippen molar-refractivity contribution in [3.63, 3.8) is 0 Å². The number of amides is 2. The van der Waals surface area contributed by atoms with Crippen molar-refractivity contribution >= 4 is 28.8 Å². The van der Waals surface area contributed by atoms with Crippen LogP contribution in [0, 0.1) is 0 Å². The van der Waals surface area contributed by atoms with E-state index in [2.05, 4.69) is 10.6 Å². The number of aryl methyl sites for hydroxylation is 1. The Balaban J connectivity index is 1.58. The summed E-state index contributed by atoms with van der Waals surface area (Å²) in [7, 11) is 6.61. The van der Waals surface area contributed by atoms with Gasteiger partial charge in [-0.2, -0.15) is 0 Å². The Morgan fingerprint density at radius 2 is 1.58 bits per heavy atom. The summed E-state index contributed by atoms with van der Waals surface area (Å²) in [4.78, 5) is 26.5. The van der Waals surface area contributed by atoms with Crippen molar-refractivity contribution in [1.82, 2.24) is 15.2 Å². The van der Waals surface area contributed by atoms with Gasteiger partial charge in [-0.3, -0.25) is 9.59 Å². The first kappa shape index (κ1) is 26.3. The van der Waals surface area contributed by atoms with E-state index >= 15 is 0 Å². The maximum absolute atomic E-state index is 13.3. The van der Waals surface area contributed by atoms with Crippen LogP contribution in [0.15, 0.2) is 78.6 Å². The van der Waals surface area contributed by atoms with Gasteiger partial charge in [-0.15, -0.1) is 0 Å². The van der Waals surface area contributed by atoms with E-state index in [1.807, 2.05) is 60.3 Å². The van der Waals surface area contributed by atoms with Crippen LogP contribution in [0.5, 0.6) is 17.2 Å². The summed E-state index contributed by atoms with van der Waals surface area (Å²) in [5, 5.41) is 6.69. The van der Waals surface area contributed by atoms with E-state index in [0.717, 1.165) is 22.0 Å². The first-order valence-corrected chi connectivity index (χ1v) is 12.1. The summed E-state index contributed by atoms with van der Waals surface area (Å²) in [6, 6.07) is 20.4. The van der Waals surface area contributed by atoms with Gasteiger partial charge in [0, 0.05) is 36.3 Å². The molecule has 196 valence electrons. The number of fused-ring (bicyclic) bond motifs is 1. The van der Waals surface area contributed by atoms with Crippen molar-refractivity contribution < 1.29 is 23.8 Å². The van der Waals surface area contributed by atoms with Gasteiger partial charge in [0.25, 0.3) is 11.8 Å². The van der Waals surface area contributed by atoms with Crippen LogP contribution in [0.4, 0.5) is 0 Å². The Kier molecular flexibility index (Phi) is 8.33. The van der Waals surface area contributed by atoms with Crippen molar-refractivity contribution in [3.8, 4) is 17.2 Å². The molecule has 0 aliphatic rings. The predicted octanol–water partition coefficient (Wildman–Crippen LogP) is 4.33. The molecular formula is C30H31N3O5. The van der Waals surface area contributed by atoms with Crippen LogP contribution in [-0.4, -0.2) is 44.3 Å². The number of benzene rings is 3. The molecule has 4 rings (SSSR count). The molecule has 2 amide bonds. The van der Waals surface area contributed by atoms with Gasteiger partial charge in [-0.05, 0) is 48.4 Å². The second-order valence-electron chi connectivity index (χ2n) is 8.62. The number of methoxy groups -OCH3 is 3. The third-order valence-electron chi connectivity index (χ3n) is 6.22. The van der Waals surface area contributed by atoms with Gasteiger partial charge in [-0.25, -0.2) is 0 Å². The van der Waals surface area contributed by atoms with Crippen LogP contribution in [0.1, 0.15) is 21.5 Å². The molecule has 0 fully saturated rings. The Morgan fingerprint density at radius 3 is 2.34 bits per heavy atom. The van der Waals surface area contributed by atoms with Crippen LogP contribution in [0.3, 0.4) is 0 Å². The standard InChI is InChI=1S/C30H31N3O5/c1-33-19-21(22-9-5-7-11-25(22)33)18-24(32-29(34)23-10-6-8-12-26(23)36-2)30(35)31-16-15-20-13-14-27(37-3)28(17-20)38-4/h5-14,17-19H,15-16H2,1-4H3,(H,31,35)(H,32,34). The second-order valence-corrected chi connectivity index (χ2v) is 8.62. The largest absolute Gasteiger partial charge is 0.496 e. The van der Waals surface area contributed by atoms with E-state index in [1.54, 1.807) is 44.6 Å². The zero-order chi connectivity index (χ0) is 27.1. The van der Waals surface area contributed by atoms with Crippen molar-refractivity contribution in [2.75, 3.05) is 27.9 Å². The first-order chi connectivity index (χ1) is 18.4. The van der Waals surface area contributed by atoms with Crippen molar-refractivity contribution in [1.29, 1.82) is 0 Å². The highest BCUT2D eigenvalue weighted by Crippen LogP contribution is 2.27. The fourth-order valence-corrected chi connectivity index (χ4v) is 4.28. The minimum atomic E-state index is -0.441. The maximum atomic E-state index is 13.3. The van der Waals surface area contributed by atoms with Gasteiger partial charge in [0.2, 0.25) is 0 Å². The molecule has 0 saturated carbocycles. The lowest BCUT2D eigenvalue weighted by Crippen LogP contribution is -2.35. The molecule has 1 aromatic heterocycles. The number of carbonyl (C=O) groups is 2. The lowest BCUT2D eigenvalue weighted by Gasteiger charge is -2.13. The summed E-state index contributed by atoms with van der Waals surface area (Å²) >= 11 is 0. The van der Waals surface area contributed by atoms with Crippen LogP contribution in [0.25, 0.3) is 17.0 Å². The number of ether oxygens (including phenoxy) is 3. The van der Waals surface area contributed by atoms with Crippen LogP contribution in [0.2, 0.25) is 0 Å². The zero-order valence-electron chi connectivity index (χ0n) is 21.9. The van der Waals surface area contributed by atoms with E-state index in [4.69, 9.17) is 14.2 Å². The Hall–Kier alpha value is -4.72. The van der Waals surface area contributed by atoms with E-state index in [0.29, 0.717) is 35.8 Å². The molecule has 0 aliphatic carbocycles. The molecule has 0 spiro atoms. The number of hydrogen-bond acceptors (Lipinski definition) is 5. The zero-order valence-corrected chi connectivity index (χ0v) is 21.9. The fourth-order valence-electron chi connectivity index (χ4n) is 4.28. The molecule has 2 N–H and O–H groups in total. The fraction of sp³-hybridized carbons (Fsp3) is 0.200. The molecule has 0 radical (unpaired) electrons. The number of aromatic nitrogens is 1. The summed E-state index contributed by atoms with van der Waals surface area (Å²) in [5.41, 5.74) is 3.26. The van der Waals surface area contributed by atoms with Crippen molar-refractivity contribution in [2.24, 2.45) is 7.05 Å². The van der Waals surface area contributed by atoms with Gasteiger partial charge in [0.1, 0.15) is 11.4 Å². The minimum absolute atomic E-state index is 0.129. The number of carbonyl (C=O) groups excluding carboxylic acids is 2. The number of nitrogens with zero attached hydrogens (tertiary/aromatic N) is 1. The van der Waals surface area contributed by atoms with E-state index < -0.39 is 11.8 Å². The Bertz CT molecular complexity index is 1490. The normalized spacial score (nSPS) is 11.2. The van der Waals surface area contributed by atoms with Crippen LogP contribution >= 0.6 is 0 Å². The van der Waals surface area contributed by atoms with Gasteiger partial charge < -0.3 is 29.4 Å². The Morgan fingerprint density at radius 1 is 0.868 bits per heavy atom. The monoisotopic (exact) mass is 513 g/mol. The molecule has 38 heavy (non-hydrogen) atoms. The highest BCUT2D eigenvalue weighted by Gasteiger charge is 2.18. The van der Waals surface area contributed by atoms with E-state index in [9.17, 15) is 9.59 Å². The van der Waals surface area contributed by atoms with Crippen molar-refractivity contribution in [2.45, 2.75) is 6.42 Å². The lowest BCUT2D eigenvalue weighted by molar-refractivity contribution is -0.117. The van der Waals surface area contributed by atoms with Gasteiger partial charge in [0.15, 0.2) is 11.5 Å². The average molecular weight is 514 g/mol. The van der Waals surface area contributed by atoms with Gasteiger partial charge in [-0.1, -0.05) is 36.4 Å². The minimum Gasteiger partial charge on any atom is -0.496 e. The second kappa shape index (κ2) is 12.0. The molecule has 8 heteroatoms. The van der Waals surface area contributed by atoms with Crippen molar-refractivity contribution in [3.05, 3.63) is 95.3 Å². The Labute approximate surface area is 221 Å². The topological polar surface area (TPSA) is 90.8 Å². The first-order valence-electron chi connectivity index (χ1n) is 12.1. The lowest BCUT2D eigenvalue weighted by atomic mass is 10.1. The molecule has 0 aliphatic heterocycles. The molecule has 0 atom stereocenters. The molecule has 0 bridgehead atoms. The summed E-state index contributed by atoms with van der Waals surface area (Å²) < 4.78 is 18.0. The molecule has 1 heterocycles. The van der Waals surface area contributed by atoms with E-state index in [-0.39, 0.29) is 5.70 Å². The highest BCUT2D eigenvalue weighted by atomic mass is 16.5. The maximum Gasteiger partial charge on any atom is 0.267 e. The molecule has 0 unspecified atom stereocenters. The highest BCUT2D eigenvalue weighted by molar-refractivity contribution is 6.07. The molecule has 4 aromatic rings. The quantitative estimate of drug-likeness (QED) is 0.308. The number of rotatable bonds is 10. The van der Waals surface area contributed by atoms with Crippen LogP contribution in [-0.2, 0) is 18.3 Å². The molecule has 8 nitrogen and oxygen atoms in total. The molecule has 0 saturated heterocycles. The molecule has 3 aromatic carbocycles. The SMILES string of the molecule is COc1ccc(CCNC(=O)C(=Cc2cn(C)c3ccccc23)NC(=O)c2ccccc2OC)cc1OC. The number of hydrogen-bond donors (Lipinski definition) is 2. The predicted molar refractivity (Wildman–Crippen MR) is 148 cm³/mol. The molecular weight excluding hydrogens is 482 g/mol. The third-order valence-corrected chi connectivity index (χ3v) is 6.22. The van der Waals surface area contributed by atoms with Gasteiger partial charge >= 0.3 is 0 Å². The summed E-state index contributed by atoms with van der Waals surface area (Å²) in [6.07, 6.45) is 4.19. The number of para-hydroxylation sites is 2. The number of nitrogens with one attached hydrogen (secondary N) is 2. The summed E-state index contributed by atoms with van der Waals surface area (Å²) in [5.74, 6) is 0.839. The smallest absolute Gasteiger partial charge is 0.267 e. The summed E-state index contributed by atoms with van der Waals surface area (Å²) in [6.45, 7) is 0.353. The average Bonchev–Trinajstić information content (AvgIpc) is 3.27.